The van der Waals surface area contributed by atoms with E-state index < -0.39 is 0 Å². The molecule has 0 unspecified atom stereocenters. The van der Waals surface area contributed by atoms with E-state index in [2.05, 4.69) is 21.7 Å². The van der Waals surface area contributed by atoms with Gasteiger partial charge in [0.15, 0.2) is 4.34 Å². The molecule has 0 spiro atoms. The Morgan fingerprint density at radius 3 is 2.33 bits per heavy atom. The number of amides is 2. The maximum Gasteiger partial charge on any atom is 0.251 e. The van der Waals surface area contributed by atoms with Crippen LogP contribution in [-0.2, 0) is 5.75 Å². The molecule has 0 saturated carbocycles. The number of thiazole rings is 1. The zero-order valence-electron chi connectivity index (χ0n) is 17.8. The van der Waals surface area contributed by atoms with Crippen molar-refractivity contribution in [2.24, 2.45) is 0 Å². The quantitative estimate of drug-likeness (QED) is 0.237. The molecule has 2 amide bonds. The van der Waals surface area contributed by atoms with Crippen LogP contribution in [-0.4, -0.2) is 35.0 Å². The van der Waals surface area contributed by atoms with E-state index in [-0.39, 0.29) is 17.6 Å². The van der Waals surface area contributed by atoms with Crippen LogP contribution in [0.3, 0.4) is 0 Å². The molecule has 0 aliphatic heterocycles. The van der Waals surface area contributed by atoms with E-state index in [1.165, 1.54) is 16.8 Å². The normalized spacial score (nSPS) is 10.8. The summed E-state index contributed by atoms with van der Waals surface area (Å²) in [6.07, 6.45) is 0.604. The van der Waals surface area contributed by atoms with Crippen LogP contribution >= 0.6 is 23.1 Å². The largest absolute Gasteiger partial charge is 0.508 e. The summed E-state index contributed by atoms with van der Waals surface area (Å²) in [6, 6.07) is 21.9. The number of hydrogen-bond acceptors (Lipinski definition) is 6. The molecule has 0 fully saturated rings. The number of rotatable bonds is 9. The monoisotopic (exact) mass is 477 g/mol. The minimum absolute atomic E-state index is 0.0521. The maximum atomic E-state index is 12.4. The van der Waals surface area contributed by atoms with E-state index in [1.54, 1.807) is 35.2 Å². The third kappa shape index (κ3) is 6.34. The highest BCUT2D eigenvalue weighted by atomic mass is 32.2. The van der Waals surface area contributed by atoms with Gasteiger partial charge in [0.2, 0.25) is 0 Å². The van der Waals surface area contributed by atoms with Crippen LogP contribution < -0.4 is 10.6 Å². The molecule has 8 heteroatoms. The molecule has 0 aliphatic rings. The Kier molecular flexibility index (Phi) is 7.59. The molecule has 3 N–H and O–H groups in total. The predicted molar refractivity (Wildman–Crippen MR) is 133 cm³/mol. The molecule has 33 heavy (non-hydrogen) atoms. The number of fused-ring (bicyclic) bond motifs is 1. The van der Waals surface area contributed by atoms with E-state index in [0.29, 0.717) is 30.6 Å². The number of thioether (sulfide) groups is 1. The van der Waals surface area contributed by atoms with Gasteiger partial charge in [0.25, 0.3) is 11.8 Å². The fraction of sp³-hybridized carbons (Fsp3) is 0.160. The number of carbonyl (C=O) groups excluding carboxylic acids is 2. The fourth-order valence-corrected chi connectivity index (χ4v) is 5.18. The van der Waals surface area contributed by atoms with Gasteiger partial charge in [-0.2, -0.15) is 0 Å². The molecule has 4 rings (SSSR count). The number of para-hydroxylation sites is 1. The van der Waals surface area contributed by atoms with Gasteiger partial charge in [-0.1, -0.05) is 42.1 Å². The number of nitrogens with one attached hydrogen (secondary N) is 2. The van der Waals surface area contributed by atoms with Crippen LogP contribution in [0.5, 0.6) is 5.75 Å². The molecule has 168 valence electrons. The summed E-state index contributed by atoms with van der Waals surface area (Å²) in [5.74, 6) is 0.452. The standard InChI is InChI=1S/C25H23N3O3S2/c29-20-6-3-5-19(15-20)24(31)27-14-4-13-26-23(30)18-11-9-17(10-12-18)16-32-25-28-21-7-1-2-8-22(21)33-25/h1-3,5-12,15,29H,4,13-14,16H2,(H,26,30)(H,27,31). The average Bonchev–Trinajstić information content (AvgIpc) is 3.26. The minimum atomic E-state index is -0.253. The molecule has 3 aromatic carbocycles. The topological polar surface area (TPSA) is 91.3 Å². The van der Waals surface area contributed by atoms with E-state index in [4.69, 9.17) is 0 Å². The van der Waals surface area contributed by atoms with Crippen molar-refractivity contribution in [3.63, 3.8) is 0 Å². The number of phenolic OH excluding ortho intramolecular Hbond substituents is 1. The third-order valence-electron chi connectivity index (χ3n) is 4.89. The van der Waals surface area contributed by atoms with Gasteiger partial charge >= 0.3 is 0 Å². The van der Waals surface area contributed by atoms with E-state index >= 15 is 0 Å². The molecule has 0 radical (unpaired) electrons. The summed E-state index contributed by atoms with van der Waals surface area (Å²) >= 11 is 3.38. The molecule has 0 bridgehead atoms. The van der Waals surface area contributed by atoms with Crippen molar-refractivity contribution in [1.29, 1.82) is 0 Å². The molecular formula is C25H23N3O3S2. The molecule has 0 aliphatic carbocycles. The maximum absolute atomic E-state index is 12.4. The summed E-state index contributed by atoms with van der Waals surface area (Å²) in [6.45, 7) is 0.880. The van der Waals surface area contributed by atoms with Crippen LogP contribution in [0, 0.1) is 0 Å². The number of carbonyl (C=O) groups is 2. The lowest BCUT2D eigenvalue weighted by Crippen LogP contribution is -2.29. The first-order chi connectivity index (χ1) is 16.1. The average molecular weight is 478 g/mol. The zero-order valence-corrected chi connectivity index (χ0v) is 19.4. The second kappa shape index (κ2) is 11.0. The van der Waals surface area contributed by atoms with Gasteiger partial charge in [0.1, 0.15) is 5.75 Å². The van der Waals surface area contributed by atoms with E-state index in [1.807, 2.05) is 42.5 Å². The van der Waals surface area contributed by atoms with Crippen molar-refractivity contribution < 1.29 is 14.7 Å². The van der Waals surface area contributed by atoms with Crippen LogP contribution in [0.4, 0.5) is 0 Å². The second-order valence-electron chi connectivity index (χ2n) is 7.35. The first kappa shape index (κ1) is 22.8. The van der Waals surface area contributed by atoms with Crippen molar-refractivity contribution in [1.82, 2.24) is 15.6 Å². The molecule has 4 aromatic rings. The highest BCUT2D eigenvalue weighted by Gasteiger charge is 2.08. The Bertz CT molecular complexity index is 1220. The lowest BCUT2D eigenvalue weighted by Gasteiger charge is -2.08. The number of hydrogen-bond donors (Lipinski definition) is 3. The van der Waals surface area contributed by atoms with Crippen molar-refractivity contribution in [2.45, 2.75) is 16.5 Å². The number of aromatic hydroxyl groups is 1. The third-order valence-corrected chi connectivity index (χ3v) is 7.14. The first-order valence-electron chi connectivity index (χ1n) is 10.5. The predicted octanol–water partition coefficient (Wildman–Crippen LogP) is 4.84. The lowest BCUT2D eigenvalue weighted by atomic mass is 10.1. The number of phenols is 1. The van der Waals surface area contributed by atoms with Gasteiger partial charge in [0.05, 0.1) is 10.2 Å². The Morgan fingerprint density at radius 2 is 1.61 bits per heavy atom. The van der Waals surface area contributed by atoms with Crippen molar-refractivity contribution in [2.75, 3.05) is 13.1 Å². The Morgan fingerprint density at radius 1 is 0.879 bits per heavy atom. The smallest absolute Gasteiger partial charge is 0.251 e. The summed E-state index contributed by atoms with van der Waals surface area (Å²) < 4.78 is 2.22. The number of nitrogens with zero attached hydrogens (tertiary/aromatic N) is 1. The molecule has 6 nitrogen and oxygen atoms in total. The first-order valence-corrected chi connectivity index (χ1v) is 12.3. The lowest BCUT2D eigenvalue weighted by molar-refractivity contribution is 0.0951. The van der Waals surface area contributed by atoms with Crippen LogP contribution in [0.15, 0.2) is 77.1 Å². The van der Waals surface area contributed by atoms with Gasteiger partial charge in [-0.05, 0) is 54.4 Å². The van der Waals surface area contributed by atoms with E-state index in [0.717, 1.165) is 21.2 Å². The van der Waals surface area contributed by atoms with E-state index in [9.17, 15) is 14.7 Å². The molecule has 1 heterocycles. The van der Waals surface area contributed by atoms with Gasteiger partial charge in [0, 0.05) is 30.0 Å². The van der Waals surface area contributed by atoms with Gasteiger partial charge < -0.3 is 15.7 Å². The second-order valence-corrected chi connectivity index (χ2v) is 9.60. The number of benzene rings is 3. The fourth-order valence-electron chi connectivity index (χ4n) is 3.15. The van der Waals surface area contributed by atoms with Gasteiger partial charge in [-0.25, -0.2) is 4.98 Å². The van der Waals surface area contributed by atoms with Gasteiger partial charge in [-0.15, -0.1) is 11.3 Å². The van der Waals surface area contributed by atoms with Crippen LogP contribution in [0.25, 0.3) is 10.2 Å². The molecular weight excluding hydrogens is 454 g/mol. The Labute approximate surface area is 200 Å². The molecule has 0 atom stereocenters. The Balaban J connectivity index is 1.18. The summed E-state index contributed by atoms with van der Waals surface area (Å²) in [5.41, 5.74) is 3.16. The molecule has 0 saturated heterocycles. The van der Waals surface area contributed by atoms with Crippen molar-refractivity contribution in [3.8, 4) is 5.75 Å². The SMILES string of the molecule is O=C(NCCCNC(=O)c1cccc(O)c1)c1ccc(CSc2nc3ccccc3s2)cc1. The van der Waals surface area contributed by atoms with Crippen molar-refractivity contribution >= 4 is 45.1 Å². The minimum Gasteiger partial charge on any atom is -0.508 e. The number of aromatic nitrogens is 1. The Hall–Kier alpha value is -3.36. The summed E-state index contributed by atoms with van der Waals surface area (Å²) in [4.78, 5) is 29.0. The van der Waals surface area contributed by atoms with Crippen molar-refractivity contribution in [3.05, 3.63) is 89.5 Å². The van der Waals surface area contributed by atoms with Crippen LogP contribution in [0.2, 0.25) is 0 Å². The van der Waals surface area contributed by atoms with Gasteiger partial charge in [-0.3, -0.25) is 9.59 Å². The van der Waals surface area contributed by atoms with Crippen LogP contribution in [0.1, 0.15) is 32.7 Å². The summed E-state index contributed by atoms with van der Waals surface area (Å²) in [7, 11) is 0. The zero-order chi connectivity index (χ0) is 23.0. The highest BCUT2D eigenvalue weighted by molar-refractivity contribution is 8.00. The highest BCUT2D eigenvalue weighted by Crippen LogP contribution is 2.31. The molecule has 1 aromatic heterocycles. The summed E-state index contributed by atoms with van der Waals surface area (Å²) in [5, 5.41) is 15.1.